The number of aryl methyl sites for hydroxylation is 1. The maximum Gasteiger partial charge on any atom is 0.494 e. The predicted molar refractivity (Wildman–Crippen MR) is 117 cm³/mol. The zero-order valence-electron chi connectivity index (χ0n) is 17.9. The summed E-state index contributed by atoms with van der Waals surface area (Å²) in [6.07, 6.45) is 1.92. The number of allylic oxidation sites excluding steroid dienone is 1. The number of hydrogen-bond acceptors (Lipinski definition) is 4. The van der Waals surface area contributed by atoms with Gasteiger partial charge in [0.1, 0.15) is 5.75 Å². The first-order chi connectivity index (χ1) is 13.1. The Kier molecular flexibility index (Phi) is 5.35. The first-order valence-electron chi connectivity index (χ1n) is 9.66. The molecule has 1 heterocycles. The molecule has 2 N–H and O–H groups in total. The number of ether oxygens (including phenoxy) is 1. The van der Waals surface area contributed by atoms with Crippen molar-refractivity contribution in [2.24, 2.45) is 5.73 Å². The molecule has 2 aromatic carbocycles. The lowest BCUT2D eigenvalue weighted by Crippen LogP contribution is -2.41. The fourth-order valence-electron chi connectivity index (χ4n) is 3.39. The Morgan fingerprint density at radius 1 is 1.04 bits per heavy atom. The van der Waals surface area contributed by atoms with Gasteiger partial charge >= 0.3 is 7.12 Å². The van der Waals surface area contributed by atoms with Crippen LogP contribution in [0.15, 0.2) is 42.5 Å². The second-order valence-electron chi connectivity index (χ2n) is 8.32. The van der Waals surface area contributed by atoms with Gasteiger partial charge in [-0.05, 0) is 69.8 Å². The molecule has 3 rings (SSSR count). The van der Waals surface area contributed by atoms with Crippen LogP contribution in [-0.2, 0) is 9.31 Å². The van der Waals surface area contributed by atoms with Gasteiger partial charge in [0.2, 0.25) is 0 Å². The van der Waals surface area contributed by atoms with Gasteiger partial charge in [0.25, 0.3) is 0 Å². The van der Waals surface area contributed by atoms with Gasteiger partial charge in [-0.1, -0.05) is 36.4 Å². The van der Waals surface area contributed by atoms with Crippen LogP contribution in [0.1, 0.15) is 45.7 Å². The van der Waals surface area contributed by atoms with E-state index in [4.69, 9.17) is 19.8 Å². The zero-order chi connectivity index (χ0) is 20.7. The fourth-order valence-corrected chi connectivity index (χ4v) is 3.39. The van der Waals surface area contributed by atoms with Crippen molar-refractivity contribution in [3.8, 4) is 16.9 Å². The molecule has 0 radical (unpaired) electrons. The zero-order valence-corrected chi connectivity index (χ0v) is 17.9. The lowest BCUT2D eigenvalue weighted by atomic mass is 9.77. The maximum atomic E-state index is 6.22. The highest BCUT2D eigenvalue weighted by molar-refractivity contribution is 6.62. The number of benzene rings is 2. The lowest BCUT2D eigenvalue weighted by molar-refractivity contribution is 0.00578. The summed E-state index contributed by atoms with van der Waals surface area (Å²) in [4.78, 5) is 0. The Bertz CT molecular complexity index is 902. The standard InChI is InChI=1S/C23H30BNO3/c1-8-20(25)18-11-9-16(13-15(18)2)19-14-17(10-12-21(19)26-7)24-27-22(3,4)23(5,6)28-24/h8-14H,25H2,1-7H3/b20-8+. The van der Waals surface area contributed by atoms with Crippen molar-refractivity contribution in [2.75, 3.05) is 7.11 Å². The number of rotatable bonds is 4. The highest BCUT2D eigenvalue weighted by atomic mass is 16.7. The van der Waals surface area contributed by atoms with Crippen molar-refractivity contribution in [1.82, 2.24) is 0 Å². The molecule has 2 aromatic rings. The largest absolute Gasteiger partial charge is 0.496 e. The van der Waals surface area contributed by atoms with Gasteiger partial charge in [0, 0.05) is 11.3 Å². The molecule has 0 aromatic heterocycles. The summed E-state index contributed by atoms with van der Waals surface area (Å²) in [7, 11) is 1.28. The molecule has 0 amide bonds. The van der Waals surface area contributed by atoms with Crippen LogP contribution in [0.3, 0.4) is 0 Å². The second kappa shape index (κ2) is 7.30. The highest BCUT2D eigenvalue weighted by Crippen LogP contribution is 2.37. The maximum absolute atomic E-state index is 6.22. The second-order valence-corrected chi connectivity index (χ2v) is 8.32. The average Bonchev–Trinajstić information content (AvgIpc) is 2.87. The van der Waals surface area contributed by atoms with Crippen LogP contribution in [0.4, 0.5) is 0 Å². The third-order valence-electron chi connectivity index (χ3n) is 5.91. The van der Waals surface area contributed by atoms with E-state index in [1.807, 2.05) is 25.1 Å². The molecule has 0 unspecified atom stereocenters. The Balaban J connectivity index is 2.03. The summed E-state index contributed by atoms with van der Waals surface area (Å²) in [6.45, 7) is 12.3. The molecule has 4 nitrogen and oxygen atoms in total. The van der Waals surface area contributed by atoms with Gasteiger partial charge in [0.05, 0.1) is 18.3 Å². The van der Waals surface area contributed by atoms with E-state index in [1.165, 1.54) is 0 Å². The molecule has 1 aliphatic rings. The number of methoxy groups -OCH3 is 1. The molecule has 1 fully saturated rings. The minimum absolute atomic E-state index is 0.375. The molecule has 28 heavy (non-hydrogen) atoms. The van der Waals surface area contributed by atoms with Crippen molar-refractivity contribution in [1.29, 1.82) is 0 Å². The molecule has 0 atom stereocenters. The van der Waals surface area contributed by atoms with Gasteiger partial charge in [-0.15, -0.1) is 0 Å². The summed E-state index contributed by atoms with van der Waals surface area (Å²) in [6, 6.07) is 12.3. The van der Waals surface area contributed by atoms with Crippen molar-refractivity contribution < 1.29 is 14.0 Å². The Labute approximate surface area is 168 Å². The summed E-state index contributed by atoms with van der Waals surface area (Å²) < 4.78 is 18.1. The van der Waals surface area contributed by atoms with Crippen LogP contribution in [0, 0.1) is 6.92 Å². The lowest BCUT2D eigenvalue weighted by Gasteiger charge is -2.32. The van der Waals surface area contributed by atoms with Crippen LogP contribution in [0.25, 0.3) is 16.8 Å². The van der Waals surface area contributed by atoms with Crippen LogP contribution < -0.4 is 15.9 Å². The van der Waals surface area contributed by atoms with Gasteiger partial charge in [-0.25, -0.2) is 0 Å². The normalized spacial score (nSPS) is 18.4. The molecule has 1 aliphatic heterocycles. The van der Waals surface area contributed by atoms with E-state index in [1.54, 1.807) is 7.11 Å². The van der Waals surface area contributed by atoms with Crippen molar-refractivity contribution in [3.05, 3.63) is 53.6 Å². The minimum atomic E-state index is -0.409. The first kappa shape index (κ1) is 20.5. The fraction of sp³-hybridized carbons (Fsp3) is 0.391. The van der Waals surface area contributed by atoms with E-state index >= 15 is 0 Å². The van der Waals surface area contributed by atoms with E-state index in [0.717, 1.165) is 39.2 Å². The van der Waals surface area contributed by atoms with Crippen LogP contribution in [-0.4, -0.2) is 25.4 Å². The summed E-state index contributed by atoms with van der Waals surface area (Å²) in [5.74, 6) is 0.812. The quantitative estimate of drug-likeness (QED) is 0.806. The summed E-state index contributed by atoms with van der Waals surface area (Å²) >= 11 is 0. The molecular weight excluding hydrogens is 349 g/mol. The minimum Gasteiger partial charge on any atom is -0.496 e. The van der Waals surface area contributed by atoms with E-state index in [9.17, 15) is 0 Å². The third-order valence-corrected chi connectivity index (χ3v) is 5.91. The van der Waals surface area contributed by atoms with E-state index in [-0.39, 0.29) is 11.2 Å². The third kappa shape index (κ3) is 3.57. The van der Waals surface area contributed by atoms with Crippen molar-refractivity contribution in [3.63, 3.8) is 0 Å². The van der Waals surface area contributed by atoms with E-state index in [2.05, 4.69) is 58.9 Å². The monoisotopic (exact) mass is 379 g/mol. The van der Waals surface area contributed by atoms with Gasteiger partial charge in [0.15, 0.2) is 0 Å². The predicted octanol–water partition coefficient (Wildman–Crippen LogP) is 4.29. The van der Waals surface area contributed by atoms with E-state index < -0.39 is 7.12 Å². The van der Waals surface area contributed by atoms with Crippen LogP contribution in [0.5, 0.6) is 5.75 Å². The Morgan fingerprint density at radius 3 is 2.21 bits per heavy atom. The molecule has 148 valence electrons. The molecule has 0 bridgehead atoms. The number of hydrogen-bond donors (Lipinski definition) is 1. The molecular formula is C23H30BNO3. The van der Waals surface area contributed by atoms with Crippen LogP contribution in [0.2, 0.25) is 0 Å². The van der Waals surface area contributed by atoms with Crippen LogP contribution >= 0.6 is 0 Å². The highest BCUT2D eigenvalue weighted by Gasteiger charge is 2.51. The molecule has 1 saturated heterocycles. The SMILES string of the molecule is C/C=C(/N)c1ccc(-c2cc(B3OC(C)(C)C(C)(C)O3)ccc2OC)cc1C. The Hall–Kier alpha value is -2.24. The number of nitrogens with two attached hydrogens (primary N) is 1. The Morgan fingerprint density at radius 2 is 1.68 bits per heavy atom. The van der Waals surface area contributed by atoms with E-state index in [0.29, 0.717) is 0 Å². The summed E-state index contributed by atoms with van der Waals surface area (Å²) in [5.41, 5.74) is 11.3. The van der Waals surface area contributed by atoms with Gasteiger partial charge < -0.3 is 19.8 Å². The van der Waals surface area contributed by atoms with Crippen molar-refractivity contribution in [2.45, 2.75) is 52.7 Å². The molecule has 5 heteroatoms. The molecule has 0 saturated carbocycles. The molecule has 0 aliphatic carbocycles. The molecule has 0 spiro atoms. The van der Waals surface area contributed by atoms with Gasteiger partial charge in [-0.2, -0.15) is 0 Å². The summed E-state index contributed by atoms with van der Waals surface area (Å²) in [5, 5.41) is 0. The smallest absolute Gasteiger partial charge is 0.494 e. The first-order valence-corrected chi connectivity index (χ1v) is 9.66. The topological polar surface area (TPSA) is 53.7 Å². The average molecular weight is 379 g/mol. The van der Waals surface area contributed by atoms with Crippen molar-refractivity contribution >= 4 is 18.3 Å². The van der Waals surface area contributed by atoms with Gasteiger partial charge in [-0.3, -0.25) is 0 Å².